The number of carbonyl (C=O) groups excluding carboxylic acids is 1. The Morgan fingerprint density at radius 3 is 2.25 bits per heavy atom. The van der Waals surface area contributed by atoms with E-state index in [2.05, 4.69) is 15.2 Å². The smallest absolute Gasteiger partial charge is 0.266 e. The van der Waals surface area contributed by atoms with Gasteiger partial charge in [-0.15, -0.1) is 5.10 Å². The van der Waals surface area contributed by atoms with E-state index in [1.807, 2.05) is 72.8 Å². The van der Waals surface area contributed by atoms with E-state index in [-0.39, 0.29) is 11.5 Å². The molecular weight excluding hydrogens is 422 g/mol. The van der Waals surface area contributed by atoms with Crippen LogP contribution in [-0.4, -0.2) is 32.6 Å². The summed E-state index contributed by atoms with van der Waals surface area (Å²) in [5, 5.41) is 9.46. The third-order valence-corrected chi connectivity index (χ3v) is 5.83. The molecule has 0 spiro atoms. The molecule has 5 rings (SSSR count). The minimum absolute atomic E-state index is 0.0554. The Morgan fingerprint density at radius 1 is 0.844 bits per heavy atom. The number of hydrogen-bond acceptors (Lipinski definition) is 6. The Hall–Kier alpha value is -4.04. The summed E-state index contributed by atoms with van der Waals surface area (Å²) in [4.78, 5) is 31.7. The zero-order chi connectivity index (χ0) is 21.9. The first-order valence-corrected chi connectivity index (χ1v) is 10.9. The van der Waals surface area contributed by atoms with Gasteiger partial charge in [0.1, 0.15) is 0 Å². The molecule has 1 saturated heterocycles. The molecule has 0 saturated carbocycles. The first-order chi connectivity index (χ1) is 15.7. The van der Waals surface area contributed by atoms with Gasteiger partial charge in [-0.25, -0.2) is 4.98 Å². The average Bonchev–Trinajstić information content (AvgIpc) is 3.20. The molecule has 4 aromatic rings. The van der Waals surface area contributed by atoms with Gasteiger partial charge in [0.25, 0.3) is 5.56 Å². The van der Waals surface area contributed by atoms with Crippen LogP contribution in [0.15, 0.2) is 99.9 Å². The number of benzene rings is 3. The van der Waals surface area contributed by atoms with Crippen LogP contribution >= 0.6 is 11.8 Å². The van der Waals surface area contributed by atoms with Crippen LogP contribution < -0.4 is 10.5 Å². The maximum atomic E-state index is 13.2. The lowest BCUT2D eigenvalue weighted by Gasteiger charge is -2.14. The minimum atomic E-state index is -0.188. The Balaban J connectivity index is 1.58. The molecule has 0 bridgehead atoms. The number of anilines is 1. The fraction of sp³-hybridized carbons (Fsp3) is 0.0417. The Labute approximate surface area is 187 Å². The van der Waals surface area contributed by atoms with Gasteiger partial charge in [-0.2, -0.15) is 5.10 Å². The number of carbonyl (C=O) groups is 1. The first kappa shape index (κ1) is 19.9. The van der Waals surface area contributed by atoms with E-state index in [1.165, 1.54) is 22.5 Å². The summed E-state index contributed by atoms with van der Waals surface area (Å²) in [5.74, 6) is 0.594. The molecule has 1 aliphatic heterocycles. The molecule has 0 atom stereocenters. The van der Waals surface area contributed by atoms with Crippen LogP contribution in [0.1, 0.15) is 5.82 Å². The van der Waals surface area contributed by atoms with Gasteiger partial charge in [0.05, 0.1) is 34.2 Å². The standard InChI is InChI=1S/C24H17N5O2S/c30-22-16-32-24(29(22)18-11-5-2-6-12-18)27-25-15-21-26-20-14-8-7-13-19(20)23(31)28(21)17-9-3-1-4-10-17/h1-15H,16H2/b25-15+,27-24-. The number of thioether (sulfide) groups is 1. The average molecular weight is 440 g/mol. The first-order valence-electron chi connectivity index (χ1n) is 9.91. The summed E-state index contributed by atoms with van der Waals surface area (Å²) < 4.78 is 1.51. The number of amidine groups is 1. The summed E-state index contributed by atoms with van der Waals surface area (Å²) in [5.41, 5.74) is 1.81. The Morgan fingerprint density at radius 2 is 1.50 bits per heavy atom. The van der Waals surface area contributed by atoms with Crippen molar-refractivity contribution in [2.45, 2.75) is 0 Å². The van der Waals surface area contributed by atoms with Crippen molar-refractivity contribution in [1.29, 1.82) is 0 Å². The SMILES string of the molecule is O=C1CS/C(=N\N=C\c2nc3ccccc3c(=O)n2-c2ccccc2)N1c1ccccc1. The lowest BCUT2D eigenvalue weighted by molar-refractivity contribution is -0.115. The van der Waals surface area contributed by atoms with Crippen molar-refractivity contribution in [2.75, 3.05) is 10.7 Å². The summed E-state index contributed by atoms with van der Waals surface area (Å²) in [7, 11) is 0. The fourth-order valence-electron chi connectivity index (χ4n) is 3.46. The predicted molar refractivity (Wildman–Crippen MR) is 129 cm³/mol. The highest BCUT2D eigenvalue weighted by Crippen LogP contribution is 2.26. The quantitative estimate of drug-likeness (QED) is 0.357. The zero-order valence-corrected chi connectivity index (χ0v) is 17.6. The van der Waals surface area contributed by atoms with Gasteiger partial charge >= 0.3 is 0 Å². The highest BCUT2D eigenvalue weighted by molar-refractivity contribution is 8.15. The molecule has 1 aliphatic rings. The van der Waals surface area contributed by atoms with E-state index >= 15 is 0 Å². The van der Waals surface area contributed by atoms with Crippen molar-refractivity contribution in [3.63, 3.8) is 0 Å². The fourth-order valence-corrected chi connectivity index (χ4v) is 4.28. The van der Waals surface area contributed by atoms with E-state index < -0.39 is 0 Å². The summed E-state index contributed by atoms with van der Waals surface area (Å²) >= 11 is 1.32. The van der Waals surface area contributed by atoms with Gasteiger partial charge in [-0.1, -0.05) is 60.3 Å². The molecule has 156 valence electrons. The highest BCUT2D eigenvalue weighted by atomic mass is 32.2. The van der Waals surface area contributed by atoms with Crippen LogP contribution in [0.2, 0.25) is 0 Å². The van der Waals surface area contributed by atoms with Gasteiger partial charge in [0.15, 0.2) is 11.0 Å². The van der Waals surface area contributed by atoms with Crippen molar-refractivity contribution in [3.05, 3.63) is 101 Å². The van der Waals surface area contributed by atoms with E-state index in [4.69, 9.17) is 0 Å². The summed E-state index contributed by atoms with van der Waals surface area (Å²) in [6, 6.07) is 25.8. The number of aromatic nitrogens is 2. The van der Waals surface area contributed by atoms with E-state index in [0.29, 0.717) is 33.3 Å². The third-order valence-electron chi connectivity index (χ3n) is 4.91. The number of fused-ring (bicyclic) bond motifs is 1. The van der Waals surface area contributed by atoms with Crippen LogP contribution in [0.5, 0.6) is 0 Å². The number of nitrogens with zero attached hydrogens (tertiary/aromatic N) is 5. The van der Waals surface area contributed by atoms with Gasteiger partial charge in [0, 0.05) is 0 Å². The maximum Gasteiger partial charge on any atom is 0.266 e. The van der Waals surface area contributed by atoms with Crippen molar-refractivity contribution in [2.24, 2.45) is 10.2 Å². The second kappa shape index (κ2) is 8.60. The molecule has 0 aliphatic carbocycles. The molecule has 1 amide bonds. The molecule has 7 nitrogen and oxygen atoms in total. The maximum absolute atomic E-state index is 13.2. The van der Waals surface area contributed by atoms with Gasteiger partial charge in [0.2, 0.25) is 5.91 Å². The predicted octanol–water partition coefficient (Wildman–Crippen LogP) is 3.86. The molecule has 0 unspecified atom stereocenters. The molecule has 8 heteroatoms. The van der Waals surface area contributed by atoms with Gasteiger partial charge in [-0.3, -0.25) is 19.1 Å². The zero-order valence-electron chi connectivity index (χ0n) is 16.8. The molecule has 3 aromatic carbocycles. The molecular formula is C24H17N5O2S. The highest BCUT2D eigenvalue weighted by Gasteiger charge is 2.29. The monoisotopic (exact) mass is 439 g/mol. The number of hydrogen-bond donors (Lipinski definition) is 0. The van der Waals surface area contributed by atoms with Crippen molar-refractivity contribution in [3.8, 4) is 5.69 Å². The van der Waals surface area contributed by atoms with Crippen LogP contribution in [0.25, 0.3) is 16.6 Å². The van der Waals surface area contributed by atoms with Crippen molar-refractivity contribution < 1.29 is 4.79 Å². The van der Waals surface area contributed by atoms with Gasteiger partial charge < -0.3 is 0 Å². The molecule has 0 N–H and O–H groups in total. The second-order valence-electron chi connectivity index (χ2n) is 6.94. The summed E-state index contributed by atoms with van der Waals surface area (Å²) in [6.07, 6.45) is 1.44. The number of amides is 1. The Kier molecular flexibility index (Phi) is 5.35. The molecule has 2 heterocycles. The lowest BCUT2D eigenvalue weighted by Crippen LogP contribution is -2.29. The van der Waals surface area contributed by atoms with Crippen LogP contribution in [0, 0.1) is 0 Å². The molecule has 1 aromatic heterocycles. The third kappa shape index (κ3) is 3.72. The van der Waals surface area contributed by atoms with E-state index in [0.717, 1.165) is 5.69 Å². The van der Waals surface area contributed by atoms with Crippen LogP contribution in [-0.2, 0) is 4.79 Å². The second-order valence-corrected chi connectivity index (χ2v) is 7.89. The normalized spacial score (nSPS) is 15.3. The van der Waals surface area contributed by atoms with Gasteiger partial charge in [-0.05, 0) is 36.4 Å². The topological polar surface area (TPSA) is 79.9 Å². The number of para-hydroxylation sites is 3. The van der Waals surface area contributed by atoms with Crippen molar-refractivity contribution >= 4 is 45.6 Å². The largest absolute Gasteiger partial charge is 0.273 e. The number of rotatable bonds is 4. The minimum Gasteiger partial charge on any atom is -0.273 e. The summed E-state index contributed by atoms with van der Waals surface area (Å²) in [6.45, 7) is 0. The lowest BCUT2D eigenvalue weighted by atomic mass is 10.2. The Bertz CT molecular complexity index is 1420. The molecule has 1 fully saturated rings. The van der Waals surface area contributed by atoms with E-state index in [1.54, 1.807) is 17.0 Å². The van der Waals surface area contributed by atoms with Crippen LogP contribution in [0.3, 0.4) is 0 Å². The van der Waals surface area contributed by atoms with Crippen LogP contribution in [0.4, 0.5) is 5.69 Å². The molecule has 32 heavy (non-hydrogen) atoms. The van der Waals surface area contributed by atoms with E-state index in [9.17, 15) is 9.59 Å². The molecule has 0 radical (unpaired) electrons. The van der Waals surface area contributed by atoms with Crippen molar-refractivity contribution in [1.82, 2.24) is 9.55 Å².